The summed E-state index contributed by atoms with van der Waals surface area (Å²) in [5, 5.41) is 0. The fourth-order valence-corrected chi connectivity index (χ4v) is 4.18. The molecule has 0 amide bonds. The van der Waals surface area contributed by atoms with E-state index in [0.717, 1.165) is 6.42 Å². The quantitative estimate of drug-likeness (QED) is 0.618. The van der Waals surface area contributed by atoms with Crippen molar-refractivity contribution in [3.8, 4) is 0 Å². The summed E-state index contributed by atoms with van der Waals surface area (Å²) >= 11 is 0. The Morgan fingerprint density at radius 3 is 2.17 bits per heavy atom. The molecule has 1 heteroatoms. The van der Waals surface area contributed by atoms with E-state index in [4.69, 9.17) is 0 Å². The fraction of sp³-hybridized carbons (Fsp3) is 0.824. The van der Waals surface area contributed by atoms with Gasteiger partial charge in [-0.3, -0.25) is 4.79 Å². The molecule has 0 aromatic carbocycles. The van der Waals surface area contributed by atoms with Crippen molar-refractivity contribution in [3.63, 3.8) is 0 Å². The zero-order valence-electron chi connectivity index (χ0n) is 13.0. The highest BCUT2D eigenvalue weighted by Gasteiger charge is 2.53. The summed E-state index contributed by atoms with van der Waals surface area (Å²) in [5.41, 5.74) is 1.88. The summed E-state index contributed by atoms with van der Waals surface area (Å²) in [6, 6.07) is 0. The van der Waals surface area contributed by atoms with Crippen molar-refractivity contribution >= 4 is 5.78 Å². The van der Waals surface area contributed by atoms with E-state index in [9.17, 15) is 4.79 Å². The molecule has 2 rings (SSSR count). The third kappa shape index (κ3) is 1.70. The van der Waals surface area contributed by atoms with Crippen molar-refractivity contribution in [1.82, 2.24) is 0 Å². The molecule has 0 aromatic rings. The van der Waals surface area contributed by atoms with Crippen molar-refractivity contribution in [1.29, 1.82) is 0 Å². The van der Waals surface area contributed by atoms with Crippen molar-refractivity contribution in [2.75, 3.05) is 0 Å². The first-order valence-electron chi connectivity index (χ1n) is 7.36. The summed E-state index contributed by atoms with van der Waals surface area (Å²) in [7, 11) is 0. The monoisotopic (exact) mass is 248 g/mol. The summed E-state index contributed by atoms with van der Waals surface area (Å²) in [6.07, 6.45) is 3.03. The molecule has 0 saturated heterocycles. The van der Waals surface area contributed by atoms with Crippen LogP contribution < -0.4 is 0 Å². The molecule has 18 heavy (non-hydrogen) atoms. The molecule has 1 nitrogen and oxygen atoms in total. The van der Waals surface area contributed by atoms with Gasteiger partial charge in [-0.1, -0.05) is 54.0 Å². The summed E-state index contributed by atoms with van der Waals surface area (Å²) in [4.78, 5) is 12.1. The first-order chi connectivity index (χ1) is 8.10. The van der Waals surface area contributed by atoms with E-state index in [0.29, 0.717) is 29.0 Å². The lowest BCUT2D eigenvalue weighted by Crippen LogP contribution is -2.51. The number of carbonyl (C=O) groups is 1. The third-order valence-corrected chi connectivity index (χ3v) is 6.45. The van der Waals surface area contributed by atoms with Gasteiger partial charge in [0, 0.05) is 5.92 Å². The van der Waals surface area contributed by atoms with Gasteiger partial charge in [-0.25, -0.2) is 0 Å². The summed E-state index contributed by atoms with van der Waals surface area (Å²) in [6.45, 7) is 16.3. The highest BCUT2D eigenvalue weighted by Crippen LogP contribution is 2.60. The number of fused-ring (bicyclic) bond motifs is 1. The van der Waals surface area contributed by atoms with Crippen LogP contribution in [-0.2, 0) is 4.79 Å². The van der Waals surface area contributed by atoms with Crippen LogP contribution in [-0.4, -0.2) is 5.78 Å². The number of ketones is 1. The fourth-order valence-electron chi connectivity index (χ4n) is 4.18. The average molecular weight is 248 g/mol. The standard InChI is InChI=1S/C17H28O/c1-10-8-13-14(9-15(10)18)17(6,7)12(3)11(2)16(13,4)5/h9-13H,8H2,1-7H3. The minimum Gasteiger partial charge on any atom is -0.295 e. The van der Waals surface area contributed by atoms with Crippen LogP contribution in [0.25, 0.3) is 0 Å². The molecule has 0 bridgehead atoms. The van der Waals surface area contributed by atoms with E-state index in [1.54, 1.807) is 0 Å². The molecule has 0 aromatic heterocycles. The molecule has 1 saturated carbocycles. The van der Waals surface area contributed by atoms with Gasteiger partial charge in [0.05, 0.1) is 0 Å². The smallest absolute Gasteiger partial charge is 0.158 e. The van der Waals surface area contributed by atoms with Crippen LogP contribution in [0.2, 0.25) is 0 Å². The second-order valence-electron chi connectivity index (χ2n) is 7.81. The van der Waals surface area contributed by atoms with E-state index >= 15 is 0 Å². The van der Waals surface area contributed by atoms with Gasteiger partial charge in [0.1, 0.15) is 0 Å². The van der Waals surface area contributed by atoms with Crippen LogP contribution >= 0.6 is 0 Å². The highest BCUT2D eigenvalue weighted by molar-refractivity contribution is 5.93. The van der Waals surface area contributed by atoms with Gasteiger partial charge in [-0.2, -0.15) is 0 Å². The Hall–Kier alpha value is -0.590. The number of hydrogen-bond donors (Lipinski definition) is 0. The Morgan fingerprint density at radius 2 is 1.61 bits per heavy atom. The molecular formula is C17H28O. The number of carbonyl (C=O) groups excluding carboxylic acids is 1. The Morgan fingerprint density at radius 1 is 1.06 bits per heavy atom. The van der Waals surface area contributed by atoms with E-state index in [-0.39, 0.29) is 11.3 Å². The number of hydrogen-bond acceptors (Lipinski definition) is 1. The van der Waals surface area contributed by atoms with E-state index in [1.807, 2.05) is 6.08 Å². The zero-order chi connectivity index (χ0) is 13.9. The lowest BCUT2D eigenvalue weighted by Gasteiger charge is -2.58. The predicted octanol–water partition coefficient (Wildman–Crippen LogP) is 4.48. The van der Waals surface area contributed by atoms with E-state index in [1.165, 1.54) is 5.57 Å². The Balaban J connectivity index is 2.55. The topological polar surface area (TPSA) is 17.1 Å². The van der Waals surface area contributed by atoms with Crippen LogP contribution in [0.4, 0.5) is 0 Å². The molecule has 1 fully saturated rings. The Kier molecular flexibility index (Phi) is 3.04. The van der Waals surface area contributed by atoms with Crippen molar-refractivity contribution in [2.24, 2.45) is 34.5 Å². The summed E-state index contributed by atoms with van der Waals surface area (Å²) < 4.78 is 0. The largest absolute Gasteiger partial charge is 0.295 e. The predicted molar refractivity (Wildman–Crippen MR) is 76.3 cm³/mol. The Labute approximate surface area is 112 Å². The van der Waals surface area contributed by atoms with Crippen LogP contribution in [0.5, 0.6) is 0 Å². The maximum atomic E-state index is 12.1. The van der Waals surface area contributed by atoms with E-state index in [2.05, 4.69) is 48.5 Å². The maximum absolute atomic E-state index is 12.1. The SMILES string of the molecule is CC1CC2C(=CC1=O)C(C)(C)C(C)C(C)C2(C)C. The lowest BCUT2D eigenvalue weighted by atomic mass is 9.47. The number of allylic oxidation sites excluding steroid dienone is 2. The highest BCUT2D eigenvalue weighted by atomic mass is 16.1. The van der Waals surface area contributed by atoms with Gasteiger partial charge in [0.15, 0.2) is 5.78 Å². The minimum absolute atomic E-state index is 0.162. The number of rotatable bonds is 0. The van der Waals surface area contributed by atoms with Crippen molar-refractivity contribution in [2.45, 2.75) is 54.9 Å². The molecule has 0 radical (unpaired) electrons. The first-order valence-corrected chi connectivity index (χ1v) is 7.36. The third-order valence-electron chi connectivity index (χ3n) is 6.45. The molecule has 0 spiro atoms. The second kappa shape index (κ2) is 3.95. The zero-order valence-corrected chi connectivity index (χ0v) is 13.0. The van der Waals surface area contributed by atoms with Crippen molar-refractivity contribution < 1.29 is 4.79 Å². The first kappa shape index (κ1) is 13.8. The van der Waals surface area contributed by atoms with Crippen molar-refractivity contribution in [3.05, 3.63) is 11.6 Å². The molecule has 102 valence electrons. The molecule has 2 aliphatic carbocycles. The molecule has 4 unspecified atom stereocenters. The molecule has 0 aliphatic heterocycles. The van der Waals surface area contributed by atoms with E-state index < -0.39 is 0 Å². The molecule has 2 aliphatic rings. The van der Waals surface area contributed by atoms with Gasteiger partial charge in [-0.05, 0) is 41.1 Å². The molecular weight excluding hydrogens is 220 g/mol. The van der Waals surface area contributed by atoms with Crippen LogP contribution in [0.3, 0.4) is 0 Å². The summed E-state index contributed by atoms with van der Waals surface area (Å²) in [5.74, 6) is 2.43. The van der Waals surface area contributed by atoms with Crippen LogP contribution in [0, 0.1) is 34.5 Å². The normalized spacial score (nSPS) is 42.2. The molecule has 0 N–H and O–H groups in total. The molecule has 0 heterocycles. The maximum Gasteiger partial charge on any atom is 0.158 e. The van der Waals surface area contributed by atoms with Crippen LogP contribution in [0.1, 0.15) is 54.9 Å². The lowest BCUT2D eigenvalue weighted by molar-refractivity contribution is -0.120. The van der Waals surface area contributed by atoms with Gasteiger partial charge in [-0.15, -0.1) is 0 Å². The second-order valence-corrected chi connectivity index (χ2v) is 7.81. The van der Waals surface area contributed by atoms with Gasteiger partial charge < -0.3 is 0 Å². The minimum atomic E-state index is 0.162. The van der Waals surface area contributed by atoms with Gasteiger partial charge >= 0.3 is 0 Å². The molecule has 4 atom stereocenters. The average Bonchev–Trinajstić information content (AvgIpc) is 2.28. The van der Waals surface area contributed by atoms with Crippen LogP contribution in [0.15, 0.2) is 11.6 Å². The van der Waals surface area contributed by atoms with Gasteiger partial charge in [0.2, 0.25) is 0 Å². The van der Waals surface area contributed by atoms with Gasteiger partial charge in [0.25, 0.3) is 0 Å². The Bertz CT molecular complexity index is 400.